The van der Waals surface area contributed by atoms with E-state index in [0.29, 0.717) is 22.7 Å². The number of hydrogen-bond acceptors (Lipinski definition) is 10. The van der Waals surface area contributed by atoms with Crippen molar-refractivity contribution in [3.05, 3.63) is 54.0 Å². The van der Waals surface area contributed by atoms with Crippen molar-refractivity contribution in [2.45, 2.75) is 58.5 Å². The molecule has 2 atom stereocenters. The third-order valence-electron chi connectivity index (χ3n) is 6.06. The average Bonchev–Trinajstić information content (AvgIpc) is 3.35. The summed E-state index contributed by atoms with van der Waals surface area (Å²) in [6.07, 6.45) is 3.62. The fraction of sp³-hybridized carbons (Fsp3) is 0.414. The highest BCUT2D eigenvalue weighted by atomic mass is 32.2. The molecule has 2 heterocycles. The lowest BCUT2D eigenvalue weighted by molar-refractivity contribution is -0.0345. The Kier molecular flexibility index (Phi) is 10.8. The van der Waals surface area contributed by atoms with Gasteiger partial charge in [0.1, 0.15) is 28.5 Å². The number of hydrogen-bond donors (Lipinski definition) is 2. The predicted octanol–water partition coefficient (Wildman–Crippen LogP) is 3.96. The van der Waals surface area contributed by atoms with Crippen molar-refractivity contribution in [2.24, 2.45) is 9.98 Å². The number of aliphatic hydroxyl groups is 1. The second-order valence-corrected chi connectivity index (χ2v) is 12.7. The normalized spacial score (nSPS) is 13.7. The topological polar surface area (TPSA) is 162 Å². The highest BCUT2D eigenvalue weighted by Gasteiger charge is 2.37. The number of aryl methyl sites for hydroxylation is 1. The number of allylic oxidation sites excluding steroid dienone is 1. The monoisotopic (exact) mass is 613 g/mol. The van der Waals surface area contributed by atoms with Gasteiger partial charge in [-0.15, -0.1) is 10.2 Å². The van der Waals surface area contributed by atoms with Gasteiger partial charge in [-0.1, -0.05) is 11.6 Å². The van der Waals surface area contributed by atoms with Gasteiger partial charge in [0.25, 0.3) is 0 Å². The zero-order chi connectivity index (χ0) is 31.9. The molecule has 3 rings (SSSR count). The maximum atomic E-state index is 14.0. The number of rotatable bonds is 13. The number of methoxy groups -OCH3 is 2. The van der Waals surface area contributed by atoms with Gasteiger partial charge in [-0.3, -0.25) is 14.3 Å². The minimum Gasteiger partial charge on any atom is -0.494 e. The molecule has 3 aromatic rings. The van der Waals surface area contributed by atoms with Gasteiger partial charge in [-0.2, -0.15) is 0 Å². The molecule has 0 unspecified atom stereocenters. The first kappa shape index (κ1) is 33.4. The number of anilines is 1. The predicted molar refractivity (Wildman–Crippen MR) is 167 cm³/mol. The van der Waals surface area contributed by atoms with Gasteiger partial charge in [0, 0.05) is 24.2 Å². The Balaban J connectivity index is 2.19. The number of pyridine rings is 1. The number of aromatic nitrogens is 4. The Labute approximate surface area is 252 Å². The van der Waals surface area contributed by atoms with Crippen LogP contribution in [0.4, 0.5) is 5.95 Å². The number of amidine groups is 1. The Morgan fingerprint density at radius 2 is 1.84 bits per heavy atom. The summed E-state index contributed by atoms with van der Waals surface area (Å²) in [5, 5.41) is 17.6. The fourth-order valence-corrected chi connectivity index (χ4v) is 5.07. The van der Waals surface area contributed by atoms with Crippen LogP contribution in [0.25, 0.3) is 17.1 Å². The number of nitrogens with zero attached hydrogens (tertiary/aromatic N) is 6. The van der Waals surface area contributed by atoms with Gasteiger partial charge in [0.2, 0.25) is 16.0 Å². The fourth-order valence-electron chi connectivity index (χ4n) is 3.97. The number of para-hydroxylation sites is 1. The molecule has 13 nitrogen and oxygen atoms in total. The van der Waals surface area contributed by atoms with Gasteiger partial charge < -0.3 is 19.3 Å². The van der Waals surface area contributed by atoms with Gasteiger partial charge >= 0.3 is 0 Å². The van der Waals surface area contributed by atoms with Crippen LogP contribution in [0.5, 0.6) is 11.5 Å². The lowest BCUT2D eigenvalue weighted by Crippen LogP contribution is -2.44. The molecule has 2 N–H and O–H groups in total. The molecule has 0 fully saturated rings. The zero-order valence-corrected chi connectivity index (χ0v) is 26.5. The lowest BCUT2D eigenvalue weighted by atomic mass is 10.1. The van der Waals surface area contributed by atoms with Gasteiger partial charge in [-0.25, -0.2) is 18.4 Å². The van der Waals surface area contributed by atoms with Crippen molar-refractivity contribution in [3.63, 3.8) is 0 Å². The van der Waals surface area contributed by atoms with E-state index in [1.54, 1.807) is 44.4 Å². The molecule has 14 heteroatoms. The molecule has 0 aliphatic heterocycles. The second kappa shape index (κ2) is 13.9. The van der Waals surface area contributed by atoms with E-state index in [1.165, 1.54) is 31.9 Å². The second-order valence-electron chi connectivity index (χ2n) is 10.7. The Bertz CT molecular complexity index is 1580. The molecular formula is C29H39N7O6S. The number of sulfonamides is 1. The molecule has 0 radical (unpaired) electrons. The van der Waals surface area contributed by atoms with Gasteiger partial charge in [0.15, 0.2) is 11.7 Å². The molecular weight excluding hydrogens is 574 g/mol. The zero-order valence-electron chi connectivity index (χ0n) is 25.7. The highest BCUT2D eigenvalue weighted by Crippen LogP contribution is 2.38. The number of aliphatic imine (C=N–C) groups is 2. The van der Waals surface area contributed by atoms with Crippen LogP contribution in [-0.2, 0) is 14.8 Å². The molecule has 0 amide bonds. The van der Waals surface area contributed by atoms with Crippen LogP contribution in [0.15, 0.2) is 58.4 Å². The number of ether oxygens (including phenoxy) is 3. The van der Waals surface area contributed by atoms with E-state index >= 15 is 0 Å². The highest BCUT2D eigenvalue weighted by molar-refractivity contribution is 7.93. The molecule has 0 saturated heterocycles. The third-order valence-corrected chi connectivity index (χ3v) is 7.75. The molecule has 232 valence electrons. The van der Waals surface area contributed by atoms with E-state index in [1.807, 2.05) is 26.8 Å². The molecule has 0 aliphatic carbocycles. The summed E-state index contributed by atoms with van der Waals surface area (Å²) in [7, 11) is -1.31. The largest absolute Gasteiger partial charge is 0.494 e. The first-order valence-electron chi connectivity index (χ1n) is 13.3. The molecule has 1 aromatic carbocycles. The van der Waals surface area contributed by atoms with E-state index in [2.05, 4.69) is 36.6 Å². The summed E-state index contributed by atoms with van der Waals surface area (Å²) in [6.45, 7) is 13.4. The van der Waals surface area contributed by atoms with Crippen molar-refractivity contribution in [1.82, 2.24) is 19.7 Å². The van der Waals surface area contributed by atoms with Gasteiger partial charge in [-0.05, 0) is 72.0 Å². The number of benzene rings is 1. The Hall–Kier alpha value is -4.14. The van der Waals surface area contributed by atoms with Crippen molar-refractivity contribution in [1.29, 1.82) is 0 Å². The van der Waals surface area contributed by atoms with Crippen LogP contribution in [0.3, 0.4) is 0 Å². The van der Waals surface area contributed by atoms with E-state index in [0.717, 1.165) is 11.1 Å². The van der Waals surface area contributed by atoms with E-state index < -0.39 is 27.0 Å². The van der Waals surface area contributed by atoms with Crippen LogP contribution in [0.2, 0.25) is 0 Å². The third kappa shape index (κ3) is 8.24. The first-order valence-corrected chi connectivity index (χ1v) is 14.9. The maximum absolute atomic E-state index is 14.0. The average molecular weight is 614 g/mol. The summed E-state index contributed by atoms with van der Waals surface area (Å²) >= 11 is 0. The molecule has 0 saturated carbocycles. The van der Waals surface area contributed by atoms with Crippen LogP contribution in [-0.4, -0.2) is 83.6 Å². The molecule has 0 bridgehead atoms. The van der Waals surface area contributed by atoms with Crippen molar-refractivity contribution in [3.8, 4) is 28.6 Å². The summed E-state index contributed by atoms with van der Waals surface area (Å²) in [5.41, 5.74) is 1.41. The Morgan fingerprint density at radius 3 is 2.37 bits per heavy atom. The minimum absolute atomic E-state index is 0.0303. The molecule has 43 heavy (non-hydrogen) atoms. The van der Waals surface area contributed by atoms with Crippen molar-refractivity contribution >= 4 is 28.5 Å². The SMILES string of the molecule is C=NC(=NC=C(C)C)[C@@H](OCC(C)(C)O)[C@H](C)S(=O)(=O)Nc1nnc(-c2cncc(C)c2)n1-c1c(OC)cccc1OC. The molecule has 2 aromatic heterocycles. The van der Waals surface area contributed by atoms with E-state index in [4.69, 9.17) is 14.2 Å². The summed E-state index contributed by atoms with van der Waals surface area (Å²) in [6, 6.07) is 7.00. The van der Waals surface area contributed by atoms with E-state index in [9.17, 15) is 13.5 Å². The molecule has 0 aliphatic rings. The van der Waals surface area contributed by atoms with Crippen molar-refractivity contribution in [2.75, 3.05) is 25.5 Å². The van der Waals surface area contributed by atoms with Crippen molar-refractivity contribution < 1.29 is 27.7 Å². The van der Waals surface area contributed by atoms with E-state index in [-0.39, 0.29) is 24.2 Å². The standard InChI is InChI=1S/C29H39N7O6S/c1-18(2)14-32-26(30-7)25(42-17-29(5,6)37)20(4)43(38,39)35-28-34-33-27(21-13-19(3)15-31-16-21)36(28)24-22(40-8)11-10-12-23(24)41-9/h10-16,20,25,37H,7,17H2,1-6,8-9H3,(H,34,35)/t20-,25-/m0/s1. The van der Waals surface area contributed by atoms with Crippen LogP contribution >= 0.6 is 0 Å². The summed E-state index contributed by atoms with van der Waals surface area (Å²) in [5.74, 6) is 0.947. The Morgan fingerprint density at radius 1 is 1.19 bits per heavy atom. The van der Waals surface area contributed by atoms with Crippen LogP contribution in [0, 0.1) is 6.92 Å². The maximum Gasteiger partial charge on any atom is 0.243 e. The van der Waals surface area contributed by atoms with Crippen LogP contribution < -0.4 is 14.2 Å². The minimum atomic E-state index is -4.29. The molecule has 0 spiro atoms. The first-order chi connectivity index (χ1) is 20.2. The summed E-state index contributed by atoms with van der Waals surface area (Å²) < 4.78 is 49.2. The van der Waals surface area contributed by atoms with Crippen LogP contribution in [0.1, 0.15) is 40.2 Å². The smallest absolute Gasteiger partial charge is 0.243 e. The lowest BCUT2D eigenvalue weighted by Gasteiger charge is -2.27. The van der Waals surface area contributed by atoms with Gasteiger partial charge in [0.05, 0.1) is 26.4 Å². The number of nitrogens with one attached hydrogen (secondary N) is 1. The quantitative estimate of drug-likeness (QED) is 0.215. The summed E-state index contributed by atoms with van der Waals surface area (Å²) in [4.78, 5) is 12.5.